The van der Waals surface area contributed by atoms with Crippen LogP contribution in [-0.2, 0) is 16.0 Å². The molecule has 0 aromatic heterocycles. The molecular formula is C16H15NO3. The molecule has 0 aliphatic carbocycles. The Balaban J connectivity index is 1.95. The maximum Gasteiger partial charge on any atom is 0.292 e. The van der Waals surface area contributed by atoms with E-state index in [1.54, 1.807) is 31.4 Å². The van der Waals surface area contributed by atoms with Crippen LogP contribution < -0.4 is 10.1 Å². The van der Waals surface area contributed by atoms with Crippen molar-refractivity contribution in [3.63, 3.8) is 0 Å². The summed E-state index contributed by atoms with van der Waals surface area (Å²) in [5.74, 6) is -0.385. The molecule has 4 heteroatoms. The highest BCUT2D eigenvalue weighted by Gasteiger charge is 2.14. The molecule has 1 N–H and O–H groups in total. The van der Waals surface area contributed by atoms with E-state index in [1.165, 1.54) is 0 Å². The Morgan fingerprint density at radius 2 is 1.65 bits per heavy atom. The van der Waals surface area contributed by atoms with Gasteiger partial charge in [0.15, 0.2) is 0 Å². The van der Waals surface area contributed by atoms with Crippen molar-refractivity contribution in [2.24, 2.45) is 0 Å². The first-order valence-electron chi connectivity index (χ1n) is 6.21. The standard InChI is InChI=1S/C16H15NO3/c1-20-14-9-7-13(8-10-14)17-16(19)15(18)11-12-5-3-2-4-6-12/h2-10H,11H2,1H3,(H,17,19). The summed E-state index contributed by atoms with van der Waals surface area (Å²) in [7, 11) is 1.57. The fourth-order valence-electron chi connectivity index (χ4n) is 1.74. The molecule has 0 heterocycles. The third-order valence-corrected chi connectivity index (χ3v) is 2.81. The number of carbonyl (C=O) groups is 2. The van der Waals surface area contributed by atoms with Crippen LogP contribution >= 0.6 is 0 Å². The minimum absolute atomic E-state index is 0.100. The highest BCUT2D eigenvalue weighted by Crippen LogP contribution is 2.15. The summed E-state index contributed by atoms with van der Waals surface area (Å²) >= 11 is 0. The molecule has 4 nitrogen and oxygen atoms in total. The van der Waals surface area contributed by atoms with Gasteiger partial charge in [-0.15, -0.1) is 0 Å². The van der Waals surface area contributed by atoms with Gasteiger partial charge in [-0.05, 0) is 29.8 Å². The van der Waals surface area contributed by atoms with Gasteiger partial charge in [-0.1, -0.05) is 30.3 Å². The van der Waals surface area contributed by atoms with Crippen molar-refractivity contribution >= 4 is 17.4 Å². The van der Waals surface area contributed by atoms with Gasteiger partial charge in [0.2, 0.25) is 5.78 Å². The molecule has 0 bridgehead atoms. The molecule has 0 saturated carbocycles. The van der Waals surface area contributed by atoms with Crippen LogP contribution in [0.25, 0.3) is 0 Å². The topological polar surface area (TPSA) is 55.4 Å². The summed E-state index contributed by atoms with van der Waals surface area (Å²) < 4.78 is 5.02. The smallest absolute Gasteiger partial charge is 0.292 e. The monoisotopic (exact) mass is 269 g/mol. The van der Waals surface area contributed by atoms with E-state index in [4.69, 9.17) is 4.74 Å². The number of methoxy groups -OCH3 is 1. The van der Waals surface area contributed by atoms with Crippen molar-refractivity contribution < 1.29 is 14.3 Å². The van der Waals surface area contributed by atoms with Gasteiger partial charge in [-0.2, -0.15) is 0 Å². The van der Waals surface area contributed by atoms with E-state index in [0.717, 1.165) is 5.56 Å². The van der Waals surface area contributed by atoms with Crippen LogP contribution in [-0.4, -0.2) is 18.8 Å². The minimum Gasteiger partial charge on any atom is -0.497 e. The number of hydrogen-bond acceptors (Lipinski definition) is 3. The number of nitrogens with one attached hydrogen (secondary N) is 1. The lowest BCUT2D eigenvalue weighted by molar-refractivity contribution is -0.134. The first-order valence-corrected chi connectivity index (χ1v) is 6.21. The van der Waals surface area contributed by atoms with Crippen LogP contribution in [0.3, 0.4) is 0 Å². The van der Waals surface area contributed by atoms with Gasteiger partial charge in [0, 0.05) is 12.1 Å². The van der Waals surface area contributed by atoms with E-state index < -0.39 is 11.7 Å². The lowest BCUT2D eigenvalue weighted by Gasteiger charge is -2.05. The zero-order chi connectivity index (χ0) is 14.4. The Morgan fingerprint density at radius 1 is 1.00 bits per heavy atom. The van der Waals surface area contributed by atoms with Gasteiger partial charge in [0.25, 0.3) is 5.91 Å². The Hall–Kier alpha value is -2.62. The molecule has 0 aliphatic heterocycles. The maximum absolute atomic E-state index is 11.8. The van der Waals surface area contributed by atoms with Crippen LogP contribution in [0.1, 0.15) is 5.56 Å². The number of Topliss-reactive ketones (excluding diaryl/α,β-unsaturated/α-hetero) is 1. The summed E-state index contributed by atoms with van der Waals surface area (Å²) in [6.07, 6.45) is 0.100. The van der Waals surface area contributed by atoms with Crippen molar-refractivity contribution in [1.82, 2.24) is 0 Å². The number of ketones is 1. The van der Waals surface area contributed by atoms with E-state index in [0.29, 0.717) is 11.4 Å². The highest BCUT2D eigenvalue weighted by atomic mass is 16.5. The van der Waals surface area contributed by atoms with Gasteiger partial charge >= 0.3 is 0 Å². The second kappa shape index (κ2) is 6.52. The van der Waals surface area contributed by atoms with Gasteiger partial charge in [-0.3, -0.25) is 9.59 Å². The molecule has 2 rings (SSSR count). The first-order chi connectivity index (χ1) is 9.69. The molecule has 0 unspecified atom stereocenters. The lowest BCUT2D eigenvalue weighted by atomic mass is 10.1. The molecule has 0 fully saturated rings. The number of hydrogen-bond donors (Lipinski definition) is 1. The van der Waals surface area contributed by atoms with E-state index in [1.807, 2.05) is 30.3 Å². The fraction of sp³-hybridized carbons (Fsp3) is 0.125. The average Bonchev–Trinajstić information content (AvgIpc) is 2.49. The van der Waals surface area contributed by atoms with E-state index in [9.17, 15) is 9.59 Å². The van der Waals surface area contributed by atoms with Crippen LogP contribution in [0.15, 0.2) is 54.6 Å². The summed E-state index contributed by atoms with van der Waals surface area (Å²) in [5.41, 5.74) is 1.39. The zero-order valence-corrected chi connectivity index (χ0v) is 11.1. The normalized spacial score (nSPS) is 9.85. The van der Waals surface area contributed by atoms with Crippen LogP contribution in [0, 0.1) is 0 Å². The fourth-order valence-corrected chi connectivity index (χ4v) is 1.74. The SMILES string of the molecule is COc1ccc(NC(=O)C(=O)Cc2ccccc2)cc1. The van der Waals surface area contributed by atoms with E-state index in [2.05, 4.69) is 5.32 Å². The van der Waals surface area contributed by atoms with Crippen LogP contribution in [0.2, 0.25) is 0 Å². The first kappa shape index (κ1) is 13.8. The van der Waals surface area contributed by atoms with E-state index >= 15 is 0 Å². The molecule has 2 aromatic carbocycles. The number of amides is 1. The summed E-state index contributed by atoms with van der Waals surface area (Å²) in [6.45, 7) is 0. The molecule has 0 aliphatic rings. The van der Waals surface area contributed by atoms with Crippen molar-refractivity contribution in [2.45, 2.75) is 6.42 Å². The van der Waals surface area contributed by atoms with Gasteiger partial charge in [0.1, 0.15) is 5.75 Å². The number of rotatable bonds is 5. The molecule has 20 heavy (non-hydrogen) atoms. The minimum atomic E-state index is -0.612. The Bertz CT molecular complexity index is 591. The van der Waals surface area contributed by atoms with Crippen molar-refractivity contribution in [2.75, 3.05) is 12.4 Å². The molecular weight excluding hydrogens is 254 g/mol. The van der Waals surface area contributed by atoms with Gasteiger partial charge in [-0.25, -0.2) is 0 Å². The number of carbonyl (C=O) groups excluding carboxylic acids is 2. The molecule has 1 amide bonds. The average molecular weight is 269 g/mol. The quantitative estimate of drug-likeness (QED) is 0.848. The number of ether oxygens (including phenoxy) is 1. The number of benzene rings is 2. The van der Waals surface area contributed by atoms with Crippen molar-refractivity contribution in [3.8, 4) is 5.75 Å². The predicted molar refractivity (Wildman–Crippen MR) is 76.8 cm³/mol. The second-order valence-electron chi connectivity index (χ2n) is 4.27. The third-order valence-electron chi connectivity index (χ3n) is 2.81. The van der Waals surface area contributed by atoms with Gasteiger partial charge < -0.3 is 10.1 Å². The Labute approximate surface area is 117 Å². The lowest BCUT2D eigenvalue weighted by Crippen LogP contribution is -2.24. The zero-order valence-electron chi connectivity index (χ0n) is 11.1. The third kappa shape index (κ3) is 3.68. The summed E-state index contributed by atoms with van der Waals surface area (Å²) in [5, 5.41) is 2.57. The Morgan fingerprint density at radius 3 is 2.25 bits per heavy atom. The Kier molecular flexibility index (Phi) is 4.50. The van der Waals surface area contributed by atoms with Crippen LogP contribution in [0.5, 0.6) is 5.75 Å². The van der Waals surface area contributed by atoms with Crippen molar-refractivity contribution in [1.29, 1.82) is 0 Å². The molecule has 0 saturated heterocycles. The molecule has 0 atom stereocenters. The van der Waals surface area contributed by atoms with Crippen LogP contribution in [0.4, 0.5) is 5.69 Å². The summed E-state index contributed by atoms with van der Waals surface area (Å²) in [6, 6.07) is 16.0. The van der Waals surface area contributed by atoms with Crippen molar-refractivity contribution in [3.05, 3.63) is 60.2 Å². The van der Waals surface area contributed by atoms with E-state index in [-0.39, 0.29) is 6.42 Å². The second-order valence-corrected chi connectivity index (χ2v) is 4.27. The highest BCUT2D eigenvalue weighted by molar-refractivity contribution is 6.41. The van der Waals surface area contributed by atoms with Gasteiger partial charge in [0.05, 0.1) is 7.11 Å². The predicted octanol–water partition coefficient (Wildman–Crippen LogP) is 2.45. The largest absolute Gasteiger partial charge is 0.497 e. The summed E-state index contributed by atoms with van der Waals surface area (Å²) in [4.78, 5) is 23.6. The molecule has 0 radical (unpaired) electrons. The maximum atomic E-state index is 11.8. The molecule has 102 valence electrons. The number of anilines is 1. The molecule has 2 aromatic rings. The molecule has 0 spiro atoms.